The monoisotopic (exact) mass is 316 g/mol. The zero-order valence-electron chi connectivity index (χ0n) is 13.0. The van der Waals surface area contributed by atoms with Gasteiger partial charge in [-0.1, -0.05) is 0 Å². The number of anilines is 2. The van der Waals surface area contributed by atoms with Crippen molar-refractivity contribution in [2.24, 2.45) is 0 Å². The van der Waals surface area contributed by atoms with Gasteiger partial charge in [-0.3, -0.25) is 14.5 Å². The molecule has 0 aliphatic carbocycles. The van der Waals surface area contributed by atoms with Crippen molar-refractivity contribution < 1.29 is 14.4 Å². The molecule has 0 aromatic heterocycles. The first kappa shape index (κ1) is 15.3. The first-order valence-electron chi connectivity index (χ1n) is 7.82. The lowest BCUT2D eigenvalue weighted by molar-refractivity contribution is -0.128. The third kappa shape index (κ3) is 3.13. The summed E-state index contributed by atoms with van der Waals surface area (Å²) in [6.45, 7) is 3.38. The van der Waals surface area contributed by atoms with Gasteiger partial charge in [0.1, 0.15) is 6.04 Å². The molecular weight excluding hydrogens is 296 g/mol. The van der Waals surface area contributed by atoms with Gasteiger partial charge in [-0.15, -0.1) is 0 Å². The van der Waals surface area contributed by atoms with E-state index >= 15 is 0 Å². The summed E-state index contributed by atoms with van der Waals surface area (Å²) in [4.78, 5) is 38.5. The van der Waals surface area contributed by atoms with E-state index in [0.717, 1.165) is 24.3 Å². The molecule has 1 aromatic rings. The average molecular weight is 316 g/mol. The fraction of sp³-hybridized carbons (Fsp3) is 0.438. The highest BCUT2D eigenvalue weighted by Crippen LogP contribution is 2.23. The van der Waals surface area contributed by atoms with Crippen molar-refractivity contribution in [3.8, 4) is 0 Å². The summed E-state index contributed by atoms with van der Waals surface area (Å²) in [5, 5.41) is 5.71. The molecule has 2 heterocycles. The van der Waals surface area contributed by atoms with Crippen LogP contribution in [-0.4, -0.2) is 48.4 Å². The van der Waals surface area contributed by atoms with E-state index in [2.05, 4.69) is 10.6 Å². The molecule has 1 aromatic carbocycles. The molecule has 2 fully saturated rings. The zero-order valence-corrected chi connectivity index (χ0v) is 13.0. The highest BCUT2D eigenvalue weighted by atomic mass is 16.2. The van der Waals surface area contributed by atoms with E-state index in [9.17, 15) is 14.4 Å². The summed E-state index contributed by atoms with van der Waals surface area (Å²) < 4.78 is 0. The van der Waals surface area contributed by atoms with E-state index in [1.165, 1.54) is 4.90 Å². The molecule has 7 heteroatoms. The molecule has 3 rings (SSSR count). The highest BCUT2D eigenvalue weighted by molar-refractivity contribution is 5.99. The lowest BCUT2D eigenvalue weighted by Gasteiger charge is -2.20. The van der Waals surface area contributed by atoms with Gasteiger partial charge in [0.25, 0.3) is 5.91 Å². The molecule has 2 N–H and O–H groups in total. The molecule has 122 valence electrons. The Morgan fingerprint density at radius 2 is 1.96 bits per heavy atom. The van der Waals surface area contributed by atoms with E-state index in [-0.39, 0.29) is 17.8 Å². The number of nitrogens with zero attached hydrogens (tertiary/aromatic N) is 2. The van der Waals surface area contributed by atoms with Gasteiger partial charge in [0.05, 0.1) is 0 Å². The van der Waals surface area contributed by atoms with Gasteiger partial charge in [0, 0.05) is 37.4 Å². The van der Waals surface area contributed by atoms with Crippen LogP contribution in [0.2, 0.25) is 0 Å². The summed E-state index contributed by atoms with van der Waals surface area (Å²) in [5.74, 6) is -0.104. The molecule has 0 saturated carbocycles. The predicted octanol–water partition coefficient (Wildman–Crippen LogP) is 1.17. The Kier molecular flexibility index (Phi) is 4.18. The van der Waals surface area contributed by atoms with Crippen molar-refractivity contribution in [2.45, 2.75) is 25.8 Å². The number of carbonyl (C=O) groups excluding carboxylic acids is 3. The first-order chi connectivity index (χ1) is 11.1. The summed E-state index contributed by atoms with van der Waals surface area (Å²) in [6.07, 6.45) is 1.49. The molecule has 0 spiro atoms. The standard InChI is InChI=1S/C16H20N4O3/c1-11(15(22)20-10-8-17-16(20)23)18-12-4-6-13(7-5-12)19-9-2-3-14(19)21/h4-7,11,18H,2-3,8-10H2,1H3,(H,17,23). The maximum atomic E-state index is 12.2. The van der Waals surface area contributed by atoms with Gasteiger partial charge in [-0.25, -0.2) is 4.79 Å². The van der Waals surface area contributed by atoms with Crippen LogP contribution in [0, 0.1) is 0 Å². The van der Waals surface area contributed by atoms with Crippen molar-refractivity contribution in [3.63, 3.8) is 0 Å². The minimum Gasteiger partial charge on any atom is -0.374 e. The number of imide groups is 1. The Bertz CT molecular complexity index is 629. The number of nitrogens with one attached hydrogen (secondary N) is 2. The van der Waals surface area contributed by atoms with Gasteiger partial charge in [-0.2, -0.15) is 0 Å². The molecule has 23 heavy (non-hydrogen) atoms. The summed E-state index contributed by atoms with van der Waals surface area (Å²) in [7, 11) is 0. The molecule has 1 unspecified atom stereocenters. The van der Waals surface area contributed by atoms with Gasteiger partial charge in [0.2, 0.25) is 5.91 Å². The second-order valence-electron chi connectivity index (χ2n) is 5.78. The van der Waals surface area contributed by atoms with Crippen LogP contribution in [-0.2, 0) is 9.59 Å². The first-order valence-corrected chi connectivity index (χ1v) is 7.82. The maximum absolute atomic E-state index is 12.2. The molecule has 0 radical (unpaired) electrons. The van der Waals surface area contributed by atoms with Crippen LogP contribution >= 0.6 is 0 Å². The summed E-state index contributed by atoms with van der Waals surface area (Å²) in [6, 6.07) is 6.57. The summed E-state index contributed by atoms with van der Waals surface area (Å²) in [5.41, 5.74) is 1.65. The molecule has 0 bridgehead atoms. The lowest BCUT2D eigenvalue weighted by Crippen LogP contribution is -2.43. The van der Waals surface area contributed by atoms with Gasteiger partial charge in [-0.05, 0) is 37.6 Å². The molecule has 2 saturated heterocycles. The van der Waals surface area contributed by atoms with Gasteiger partial charge < -0.3 is 15.5 Å². The number of urea groups is 1. The van der Waals surface area contributed by atoms with Gasteiger partial charge >= 0.3 is 6.03 Å². The van der Waals surface area contributed by atoms with Crippen molar-refractivity contribution in [3.05, 3.63) is 24.3 Å². The molecule has 7 nitrogen and oxygen atoms in total. The number of benzene rings is 1. The van der Waals surface area contributed by atoms with Crippen LogP contribution in [0.25, 0.3) is 0 Å². The maximum Gasteiger partial charge on any atom is 0.324 e. The second kappa shape index (κ2) is 6.28. The fourth-order valence-corrected chi connectivity index (χ4v) is 2.89. The number of hydrogen-bond donors (Lipinski definition) is 2. The normalized spacial score (nSPS) is 19.0. The number of carbonyl (C=O) groups is 3. The second-order valence-corrected chi connectivity index (χ2v) is 5.78. The van der Waals surface area contributed by atoms with Crippen molar-refractivity contribution in [1.82, 2.24) is 10.2 Å². The van der Waals surface area contributed by atoms with E-state index < -0.39 is 6.04 Å². The van der Waals surface area contributed by atoms with Crippen LogP contribution in [0.15, 0.2) is 24.3 Å². The van der Waals surface area contributed by atoms with Crippen LogP contribution in [0.5, 0.6) is 0 Å². The number of hydrogen-bond acceptors (Lipinski definition) is 4. The number of rotatable bonds is 4. The minimum absolute atomic E-state index is 0.148. The third-order valence-corrected chi connectivity index (χ3v) is 4.13. The Morgan fingerprint density at radius 3 is 2.52 bits per heavy atom. The fourth-order valence-electron chi connectivity index (χ4n) is 2.89. The predicted molar refractivity (Wildman–Crippen MR) is 86.2 cm³/mol. The van der Waals surface area contributed by atoms with Crippen LogP contribution in [0.3, 0.4) is 0 Å². The van der Waals surface area contributed by atoms with Crippen LogP contribution in [0.4, 0.5) is 16.2 Å². The van der Waals surface area contributed by atoms with Crippen molar-refractivity contribution >= 4 is 29.2 Å². The highest BCUT2D eigenvalue weighted by Gasteiger charge is 2.29. The Labute approximate surface area is 134 Å². The molecule has 4 amide bonds. The van der Waals surface area contributed by atoms with Crippen molar-refractivity contribution in [1.29, 1.82) is 0 Å². The summed E-state index contributed by atoms with van der Waals surface area (Å²) >= 11 is 0. The molecule has 2 aliphatic heterocycles. The van der Waals surface area contributed by atoms with E-state index in [1.807, 2.05) is 24.3 Å². The quantitative estimate of drug-likeness (QED) is 0.873. The van der Waals surface area contributed by atoms with E-state index in [1.54, 1.807) is 11.8 Å². The SMILES string of the molecule is CC(Nc1ccc(N2CCCC2=O)cc1)C(=O)N1CCNC1=O. The minimum atomic E-state index is -0.502. The number of amides is 4. The van der Waals surface area contributed by atoms with Gasteiger partial charge in [0.15, 0.2) is 0 Å². The van der Waals surface area contributed by atoms with Crippen LogP contribution in [0.1, 0.15) is 19.8 Å². The smallest absolute Gasteiger partial charge is 0.324 e. The lowest BCUT2D eigenvalue weighted by atomic mass is 10.2. The zero-order chi connectivity index (χ0) is 16.4. The topological polar surface area (TPSA) is 81.8 Å². The molecular formula is C16H20N4O3. The average Bonchev–Trinajstić information content (AvgIpc) is 3.16. The largest absolute Gasteiger partial charge is 0.374 e. The Balaban J connectivity index is 1.62. The van der Waals surface area contributed by atoms with E-state index in [4.69, 9.17) is 0 Å². The molecule has 2 aliphatic rings. The third-order valence-electron chi connectivity index (χ3n) is 4.13. The van der Waals surface area contributed by atoms with E-state index in [0.29, 0.717) is 19.5 Å². The molecule has 1 atom stereocenters. The van der Waals surface area contributed by atoms with Crippen LogP contribution < -0.4 is 15.5 Å². The van der Waals surface area contributed by atoms with Crippen molar-refractivity contribution in [2.75, 3.05) is 29.9 Å². The Hall–Kier alpha value is -2.57. The Morgan fingerprint density at radius 1 is 1.22 bits per heavy atom.